The molecule has 1 amide bonds. The van der Waals surface area contributed by atoms with Crippen LogP contribution < -0.4 is 10.1 Å². The number of nitrogens with one attached hydrogen (secondary N) is 1. The first-order valence-electron chi connectivity index (χ1n) is 11.3. The van der Waals surface area contributed by atoms with Crippen molar-refractivity contribution in [1.29, 1.82) is 0 Å². The molecule has 7 nitrogen and oxygen atoms in total. The van der Waals surface area contributed by atoms with E-state index < -0.39 is 0 Å². The molecule has 2 aliphatic rings. The van der Waals surface area contributed by atoms with Gasteiger partial charge in [-0.1, -0.05) is 37.5 Å². The molecule has 0 spiro atoms. The summed E-state index contributed by atoms with van der Waals surface area (Å²) < 4.78 is 7.75. The van der Waals surface area contributed by atoms with Crippen molar-refractivity contribution in [1.82, 2.24) is 25.0 Å². The Labute approximate surface area is 178 Å². The first kappa shape index (κ1) is 20.8. The molecule has 1 N–H and O–H groups in total. The van der Waals surface area contributed by atoms with E-state index in [4.69, 9.17) is 4.74 Å². The van der Waals surface area contributed by atoms with Crippen LogP contribution in [0, 0.1) is 5.92 Å². The fourth-order valence-electron chi connectivity index (χ4n) is 4.65. The summed E-state index contributed by atoms with van der Waals surface area (Å²) in [5, 5.41) is 12.0. The number of hydrogen-bond donors (Lipinski definition) is 1. The molecule has 30 heavy (non-hydrogen) atoms. The molecule has 0 bridgehead atoms. The molecule has 0 unspecified atom stereocenters. The van der Waals surface area contributed by atoms with Crippen LogP contribution in [0.25, 0.3) is 0 Å². The third-order valence-corrected chi connectivity index (χ3v) is 6.41. The van der Waals surface area contributed by atoms with E-state index in [0.717, 1.165) is 69.3 Å². The topological polar surface area (TPSA) is 72.3 Å². The molecular formula is C23H33N5O2. The van der Waals surface area contributed by atoms with Crippen LogP contribution in [0.15, 0.2) is 24.3 Å². The maximum absolute atomic E-state index is 12.4. The number of carbonyl (C=O) groups is 1. The summed E-state index contributed by atoms with van der Waals surface area (Å²) in [6.45, 7) is 4.29. The largest absolute Gasteiger partial charge is 0.496 e. The van der Waals surface area contributed by atoms with Gasteiger partial charge in [-0.2, -0.15) is 0 Å². The number of benzene rings is 1. The lowest BCUT2D eigenvalue weighted by atomic mass is 9.89. The number of rotatable bonds is 7. The quantitative estimate of drug-likeness (QED) is 0.758. The van der Waals surface area contributed by atoms with Crippen molar-refractivity contribution in [2.45, 2.75) is 58.0 Å². The van der Waals surface area contributed by atoms with Crippen molar-refractivity contribution in [2.75, 3.05) is 26.7 Å². The number of nitrogens with zero attached hydrogens (tertiary/aromatic N) is 4. The minimum absolute atomic E-state index is 0.206. The first-order chi connectivity index (χ1) is 14.7. The average molecular weight is 412 g/mol. The normalized spacial score (nSPS) is 17.9. The molecule has 1 aliphatic heterocycles. The standard InChI is InChI=1S/C23H33N5O2/c1-30-20-10-6-5-9-19(20)17-27-14-12-22-26-25-21(28(22)16-15-27)11-13-24-23(29)18-7-3-2-4-8-18/h5-6,9-10,18H,2-4,7-8,11-17H2,1H3,(H,24,29). The zero-order valence-electron chi connectivity index (χ0n) is 18.0. The summed E-state index contributed by atoms with van der Waals surface area (Å²) >= 11 is 0. The van der Waals surface area contributed by atoms with Gasteiger partial charge in [-0.3, -0.25) is 9.69 Å². The van der Waals surface area contributed by atoms with E-state index in [2.05, 4.69) is 37.1 Å². The van der Waals surface area contributed by atoms with Crippen molar-refractivity contribution >= 4 is 5.91 Å². The number of fused-ring (bicyclic) bond motifs is 1. The van der Waals surface area contributed by atoms with E-state index in [1.54, 1.807) is 7.11 Å². The Morgan fingerprint density at radius 2 is 1.97 bits per heavy atom. The highest BCUT2D eigenvalue weighted by Gasteiger charge is 2.22. The van der Waals surface area contributed by atoms with Gasteiger partial charge in [0.1, 0.15) is 17.4 Å². The number of ether oxygens (including phenoxy) is 1. The summed E-state index contributed by atoms with van der Waals surface area (Å²) in [5.74, 6) is 3.39. The fourth-order valence-corrected chi connectivity index (χ4v) is 4.65. The van der Waals surface area contributed by atoms with Crippen LogP contribution in [0.3, 0.4) is 0 Å². The highest BCUT2D eigenvalue weighted by atomic mass is 16.5. The second-order valence-corrected chi connectivity index (χ2v) is 8.40. The smallest absolute Gasteiger partial charge is 0.223 e. The second-order valence-electron chi connectivity index (χ2n) is 8.40. The summed E-state index contributed by atoms with van der Waals surface area (Å²) in [4.78, 5) is 14.8. The summed E-state index contributed by atoms with van der Waals surface area (Å²) in [7, 11) is 1.72. The van der Waals surface area contributed by atoms with Gasteiger partial charge in [0.25, 0.3) is 0 Å². The number of para-hydroxylation sites is 1. The van der Waals surface area contributed by atoms with Crippen molar-refractivity contribution in [3.63, 3.8) is 0 Å². The number of carbonyl (C=O) groups excluding carboxylic acids is 1. The molecule has 1 fully saturated rings. The van der Waals surface area contributed by atoms with Gasteiger partial charge in [-0.05, 0) is 18.9 Å². The summed E-state index contributed by atoms with van der Waals surface area (Å²) in [6.07, 6.45) is 7.32. The monoisotopic (exact) mass is 411 g/mol. The Morgan fingerprint density at radius 3 is 2.80 bits per heavy atom. The zero-order chi connectivity index (χ0) is 20.8. The van der Waals surface area contributed by atoms with Crippen molar-refractivity contribution < 1.29 is 9.53 Å². The molecule has 2 aromatic rings. The van der Waals surface area contributed by atoms with Crippen LogP contribution >= 0.6 is 0 Å². The third-order valence-electron chi connectivity index (χ3n) is 6.41. The minimum atomic E-state index is 0.206. The summed E-state index contributed by atoms with van der Waals surface area (Å²) in [6, 6.07) is 8.21. The Balaban J connectivity index is 1.30. The van der Waals surface area contributed by atoms with Gasteiger partial charge in [0.15, 0.2) is 0 Å². The lowest BCUT2D eigenvalue weighted by Gasteiger charge is -2.21. The van der Waals surface area contributed by atoms with Crippen LogP contribution in [0.4, 0.5) is 0 Å². The molecular weight excluding hydrogens is 378 g/mol. The number of methoxy groups -OCH3 is 1. The maximum Gasteiger partial charge on any atom is 0.223 e. The molecule has 4 rings (SSSR count). The van der Waals surface area contributed by atoms with E-state index >= 15 is 0 Å². The number of aromatic nitrogens is 3. The molecule has 0 radical (unpaired) electrons. The first-order valence-corrected chi connectivity index (χ1v) is 11.3. The highest BCUT2D eigenvalue weighted by Crippen LogP contribution is 2.23. The molecule has 0 saturated heterocycles. The molecule has 7 heteroatoms. The second kappa shape index (κ2) is 10.1. The van der Waals surface area contributed by atoms with Crippen molar-refractivity contribution in [3.05, 3.63) is 41.5 Å². The van der Waals surface area contributed by atoms with E-state index in [9.17, 15) is 4.79 Å². The lowest BCUT2D eigenvalue weighted by Crippen LogP contribution is -2.33. The molecule has 1 aromatic carbocycles. The van der Waals surface area contributed by atoms with Gasteiger partial charge in [0.2, 0.25) is 5.91 Å². The van der Waals surface area contributed by atoms with Gasteiger partial charge >= 0.3 is 0 Å². The predicted octanol–water partition coefficient (Wildman–Crippen LogP) is 2.58. The van der Waals surface area contributed by atoms with E-state index in [1.165, 1.54) is 24.8 Å². The average Bonchev–Trinajstić information content (AvgIpc) is 3.06. The van der Waals surface area contributed by atoms with Crippen LogP contribution in [0.5, 0.6) is 5.75 Å². The molecule has 1 aliphatic carbocycles. The molecule has 2 heterocycles. The van der Waals surface area contributed by atoms with Gasteiger partial charge < -0.3 is 14.6 Å². The van der Waals surface area contributed by atoms with Crippen LogP contribution in [-0.4, -0.2) is 52.3 Å². The van der Waals surface area contributed by atoms with E-state index in [1.807, 2.05) is 12.1 Å². The molecule has 1 saturated carbocycles. The maximum atomic E-state index is 12.4. The van der Waals surface area contributed by atoms with Crippen molar-refractivity contribution in [3.8, 4) is 5.75 Å². The number of amides is 1. The van der Waals surface area contributed by atoms with Gasteiger partial charge in [-0.15, -0.1) is 10.2 Å². The fraction of sp³-hybridized carbons (Fsp3) is 0.609. The van der Waals surface area contributed by atoms with E-state index in [-0.39, 0.29) is 11.8 Å². The Hall–Kier alpha value is -2.41. The summed E-state index contributed by atoms with van der Waals surface area (Å²) in [5.41, 5.74) is 1.21. The third kappa shape index (κ3) is 5.01. The van der Waals surface area contributed by atoms with Crippen LogP contribution in [0.2, 0.25) is 0 Å². The van der Waals surface area contributed by atoms with Gasteiger partial charge in [0, 0.05) is 57.0 Å². The Bertz CT molecular complexity index is 844. The van der Waals surface area contributed by atoms with Crippen LogP contribution in [-0.2, 0) is 30.7 Å². The molecule has 1 aromatic heterocycles. The van der Waals surface area contributed by atoms with Crippen LogP contribution in [0.1, 0.15) is 49.3 Å². The Morgan fingerprint density at radius 1 is 1.13 bits per heavy atom. The SMILES string of the molecule is COc1ccccc1CN1CCc2nnc(CCNC(=O)C3CCCCC3)n2CC1. The van der Waals surface area contributed by atoms with E-state index in [0.29, 0.717) is 6.54 Å². The van der Waals surface area contributed by atoms with Crippen molar-refractivity contribution in [2.24, 2.45) is 5.92 Å². The number of hydrogen-bond acceptors (Lipinski definition) is 5. The molecule has 0 atom stereocenters. The molecule has 162 valence electrons. The Kier molecular flexibility index (Phi) is 7.00. The van der Waals surface area contributed by atoms with Gasteiger partial charge in [-0.25, -0.2) is 0 Å². The highest BCUT2D eigenvalue weighted by molar-refractivity contribution is 5.78. The minimum Gasteiger partial charge on any atom is -0.496 e. The van der Waals surface area contributed by atoms with Gasteiger partial charge in [0.05, 0.1) is 7.11 Å². The zero-order valence-corrected chi connectivity index (χ0v) is 18.0. The predicted molar refractivity (Wildman–Crippen MR) is 115 cm³/mol. The lowest BCUT2D eigenvalue weighted by molar-refractivity contribution is -0.125.